The molecule has 1 rings (SSSR count). The molecule has 0 amide bonds. The molecule has 60 valence electrons. The third-order valence-electron chi connectivity index (χ3n) is 2.21. The van der Waals surface area contributed by atoms with Crippen molar-refractivity contribution in [1.29, 1.82) is 0 Å². The van der Waals surface area contributed by atoms with Gasteiger partial charge in [-0.1, -0.05) is 6.42 Å². The van der Waals surface area contributed by atoms with E-state index in [1.54, 1.807) is 0 Å². The second-order valence-corrected chi connectivity index (χ2v) is 3.10. The lowest BCUT2D eigenvalue weighted by molar-refractivity contribution is 0.302. The Hall–Kier alpha value is -0.0800. The summed E-state index contributed by atoms with van der Waals surface area (Å²) < 4.78 is 0. The summed E-state index contributed by atoms with van der Waals surface area (Å²) in [6.07, 6.45) is 4.36. The fraction of sp³-hybridized carbons (Fsp3) is 1.00. The van der Waals surface area contributed by atoms with Crippen LogP contribution in [-0.2, 0) is 0 Å². The van der Waals surface area contributed by atoms with Crippen LogP contribution in [-0.4, -0.2) is 26.7 Å². The van der Waals surface area contributed by atoms with Crippen molar-refractivity contribution in [1.82, 2.24) is 10.6 Å². The normalized spacial score (nSPS) is 18.9. The van der Waals surface area contributed by atoms with Crippen LogP contribution >= 0.6 is 0 Å². The first-order valence-electron chi connectivity index (χ1n) is 4.29. The largest absolute Gasteiger partial charge is 0.318 e. The molecule has 1 fully saturated rings. The maximum Gasteiger partial charge on any atom is 0.00767 e. The summed E-state index contributed by atoms with van der Waals surface area (Å²) in [5.41, 5.74) is 0. The third-order valence-corrected chi connectivity index (χ3v) is 2.21. The number of hydrogen-bond acceptors (Lipinski definition) is 2. The van der Waals surface area contributed by atoms with Crippen molar-refractivity contribution in [2.45, 2.75) is 19.3 Å². The monoisotopic (exact) mass is 142 g/mol. The molecule has 0 bridgehead atoms. The maximum atomic E-state index is 3.43. The summed E-state index contributed by atoms with van der Waals surface area (Å²) >= 11 is 0. The van der Waals surface area contributed by atoms with Gasteiger partial charge in [0.2, 0.25) is 0 Å². The Morgan fingerprint density at radius 2 is 2.10 bits per heavy atom. The van der Waals surface area contributed by atoms with Crippen molar-refractivity contribution in [3.05, 3.63) is 0 Å². The summed E-state index contributed by atoms with van der Waals surface area (Å²) in [5.74, 6) is 0.997. The van der Waals surface area contributed by atoms with E-state index in [0.717, 1.165) is 19.0 Å². The number of rotatable bonds is 5. The molecule has 0 aromatic heterocycles. The highest BCUT2D eigenvalue weighted by atomic mass is 14.9. The van der Waals surface area contributed by atoms with Crippen LogP contribution in [0, 0.1) is 5.92 Å². The predicted octanol–water partition coefficient (Wildman–Crippen LogP) is 0.595. The molecule has 1 aliphatic carbocycles. The molecule has 0 radical (unpaired) electrons. The summed E-state index contributed by atoms with van der Waals surface area (Å²) in [7, 11) is 1.99. The zero-order chi connectivity index (χ0) is 7.23. The summed E-state index contributed by atoms with van der Waals surface area (Å²) in [6, 6.07) is 0. The lowest BCUT2D eigenvalue weighted by atomic mass is 9.85. The Labute approximate surface area is 63.4 Å². The van der Waals surface area contributed by atoms with Gasteiger partial charge >= 0.3 is 0 Å². The van der Waals surface area contributed by atoms with Crippen LogP contribution in [0.25, 0.3) is 0 Å². The van der Waals surface area contributed by atoms with Crippen LogP contribution in [0.15, 0.2) is 0 Å². The van der Waals surface area contributed by atoms with Crippen LogP contribution in [0.4, 0.5) is 0 Å². The standard InChI is InChI=1S/C8H18N2/c1-9-5-6-10-7-8-3-2-4-8/h8-10H,2-7H2,1H3. The molecule has 0 atom stereocenters. The van der Waals surface area contributed by atoms with Gasteiger partial charge in [-0.2, -0.15) is 0 Å². The van der Waals surface area contributed by atoms with Gasteiger partial charge in [-0.3, -0.25) is 0 Å². The molecule has 0 aromatic carbocycles. The van der Waals surface area contributed by atoms with E-state index in [-0.39, 0.29) is 0 Å². The molecule has 0 saturated heterocycles. The van der Waals surface area contributed by atoms with Gasteiger partial charge in [0.1, 0.15) is 0 Å². The van der Waals surface area contributed by atoms with Crippen LogP contribution in [0.2, 0.25) is 0 Å². The molecule has 2 N–H and O–H groups in total. The highest BCUT2D eigenvalue weighted by molar-refractivity contribution is 4.71. The first-order chi connectivity index (χ1) is 4.93. The molecule has 0 heterocycles. The Morgan fingerprint density at radius 3 is 2.60 bits per heavy atom. The van der Waals surface area contributed by atoms with Crippen LogP contribution in [0.1, 0.15) is 19.3 Å². The quantitative estimate of drug-likeness (QED) is 0.549. The van der Waals surface area contributed by atoms with E-state index < -0.39 is 0 Å². The first-order valence-corrected chi connectivity index (χ1v) is 4.29. The topological polar surface area (TPSA) is 24.1 Å². The molecule has 0 spiro atoms. The minimum absolute atomic E-state index is 0.997. The van der Waals surface area contributed by atoms with Crippen LogP contribution in [0.3, 0.4) is 0 Å². The minimum Gasteiger partial charge on any atom is -0.318 e. The molecular formula is C8H18N2. The van der Waals surface area contributed by atoms with E-state index in [1.807, 2.05) is 7.05 Å². The third kappa shape index (κ3) is 2.67. The van der Waals surface area contributed by atoms with Crippen molar-refractivity contribution in [2.75, 3.05) is 26.7 Å². The van der Waals surface area contributed by atoms with Crippen molar-refractivity contribution >= 4 is 0 Å². The van der Waals surface area contributed by atoms with Gasteiger partial charge in [-0.15, -0.1) is 0 Å². The molecule has 10 heavy (non-hydrogen) atoms. The molecule has 1 saturated carbocycles. The zero-order valence-corrected chi connectivity index (χ0v) is 6.82. The van der Waals surface area contributed by atoms with E-state index in [1.165, 1.54) is 25.8 Å². The average molecular weight is 142 g/mol. The van der Waals surface area contributed by atoms with E-state index in [4.69, 9.17) is 0 Å². The van der Waals surface area contributed by atoms with Gasteiger partial charge in [0.05, 0.1) is 0 Å². The molecular weight excluding hydrogens is 124 g/mol. The van der Waals surface area contributed by atoms with Crippen molar-refractivity contribution in [3.8, 4) is 0 Å². The molecule has 1 aliphatic rings. The predicted molar refractivity (Wildman–Crippen MR) is 44.1 cm³/mol. The number of hydrogen-bond donors (Lipinski definition) is 2. The van der Waals surface area contributed by atoms with E-state index in [9.17, 15) is 0 Å². The van der Waals surface area contributed by atoms with E-state index in [0.29, 0.717) is 0 Å². The smallest absolute Gasteiger partial charge is 0.00767 e. The Balaban J connectivity index is 1.76. The zero-order valence-electron chi connectivity index (χ0n) is 6.82. The van der Waals surface area contributed by atoms with Gasteiger partial charge in [0.25, 0.3) is 0 Å². The van der Waals surface area contributed by atoms with Crippen LogP contribution < -0.4 is 10.6 Å². The molecule has 0 unspecified atom stereocenters. The van der Waals surface area contributed by atoms with Gasteiger partial charge in [0, 0.05) is 13.1 Å². The lowest BCUT2D eigenvalue weighted by Crippen LogP contribution is -2.31. The second-order valence-electron chi connectivity index (χ2n) is 3.10. The Bertz CT molecular complexity index is 79.3. The van der Waals surface area contributed by atoms with Crippen LogP contribution in [0.5, 0.6) is 0 Å². The van der Waals surface area contributed by atoms with Crippen molar-refractivity contribution < 1.29 is 0 Å². The van der Waals surface area contributed by atoms with Crippen molar-refractivity contribution in [3.63, 3.8) is 0 Å². The Morgan fingerprint density at radius 1 is 1.30 bits per heavy atom. The van der Waals surface area contributed by atoms with Gasteiger partial charge in [0.15, 0.2) is 0 Å². The lowest BCUT2D eigenvalue weighted by Gasteiger charge is -2.25. The number of likely N-dealkylation sites (N-methyl/N-ethyl adjacent to an activating group) is 1. The highest BCUT2D eigenvalue weighted by Crippen LogP contribution is 2.24. The van der Waals surface area contributed by atoms with Gasteiger partial charge in [-0.05, 0) is 32.4 Å². The summed E-state index contributed by atoms with van der Waals surface area (Å²) in [4.78, 5) is 0. The second kappa shape index (κ2) is 4.69. The van der Waals surface area contributed by atoms with E-state index >= 15 is 0 Å². The van der Waals surface area contributed by atoms with E-state index in [2.05, 4.69) is 10.6 Å². The fourth-order valence-electron chi connectivity index (χ4n) is 1.22. The molecule has 0 aliphatic heterocycles. The summed E-state index contributed by atoms with van der Waals surface area (Å²) in [6.45, 7) is 3.45. The van der Waals surface area contributed by atoms with Gasteiger partial charge in [-0.25, -0.2) is 0 Å². The summed E-state index contributed by atoms with van der Waals surface area (Å²) in [5, 5.41) is 6.54. The Kier molecular flexibility index (Phi) is 3.76. The van der Waals surface area contributed by atoms with Gasteiger partial charge < -0.3 is 10.6 Å². The minimum atomic E-state index is 0.997. The number of nitrogens with one attached hydrogen (secondary N) is 2. The molecule has 0 aromatic rings. The molecule has 2 heteroatoms. The first kappa shape index (κ1) is 8.02. The fourth-order valence-corrected chi connectivity index (χ4v) is 1.22. The molecule has 2 nitrogen and oxygen atoms in total. The maximum absolute atomic E-state index is 3.43. The van der Waals surface area contributed by atoms with Crippen molar-refractivity contribution in [2.24, 2.45) is 5.92 Å². The average Bonchev–Trinajstić information content (AvgIpc) is 1.84. The SMILES string of the molecule is CNCCNCC1CCC1. The highest BCUT2D eigenvalue weighted by Gasteiger charge is 2.15.